The molecule has 0 saturated heterocycles. The van der Waals surface area contributed by atoms with E-state index >= 15 is 0 Å². The molecule has 0 unspecified atom stereocenters. The molecule has 1 heterocycles. The first-order valence-corrected chi connectivity index (χ1v) is 6.19. The zero-order valence-electron chi connectivity index (χ0n) is 10.9. The third kappa shape index (κ3) is 3.39. The minimum atomic E-state index is -4.40. The van der Waals surface area contributed by atoms with Crippen LogP contribution in [-0.4, -0.2) is 20.8 Å². The van der Waals surface area contributed by atoms with Crippen molar-refractivity contribution in [2.75, 3.05) is 0 Å². The van der Waals surface area contributed by atoms with Crippen molar-refractivity contribution in [3.8, 4) is 0 Å². The molecule has 1 aromatic heterocycles. The van der Waals surface area contributed by atoms with Crippen LogP contribution in [0.5, 0.6) is 0 Å². The van der Waals surface area contributed by atoms with Crippen LogP contribution in [0, 0.1) is 6.92 Å². The fourth-order valence-corrected chi connectivity index (χ4v) is 2.12. The Morgan fingerprint density at radius 3 is 2.60 bits per heavy atom. The van der Waals surface area contributed by atoms with Crippen molar-refractivity contribution in [1.29, 1.82) is 0 Å². The molecule has 0 aliphatic rings. The number of rotatable bonds is 4. The van der Waals surface area contributed by atoms with E-state index in [0.29, 0.717) is 5.82 Å². The summed E-state index contributed by atoms with van der Waals surface area (Å²) in [6.07, 6.45) is -2.07. The van der Waals surface area contributed by atoms with Crippen molar-refractivity contribution >= 4 is 0 Å². The Balaban J connectivity index is 2.12. The minimum absolute atomic E-state index is 0.0483. The van der Waals surface area contributed by atoms with E-state index in [-0.39, 0.29) is 18.5 Å². The molecule has 0 amide bonds. The lowest BCUT2D eigenvalue weighted by Crippen LogP contribution is -2.21. The van der Waals surface area contributed by atoms with Crippen molar-refractivity contribution < 1.29 is 18.3 Å². The quantitative estimate of drug-likeness (QED) is 0.937. The maximum Gasteiger partial charge on any atom is 0.416 e. The highest BCUT2D eigenvalue weighted by atomic mass is 19.4. The number of aliphatic hydroxyl groups is 1. The van der Waals surface area contributed by atoms with Crippen LogP contribution in [0.1, 0.15) is 17.0 Å². The van der Waals surface area contributed by atoms with Crippen LogP contribution in [0.25, 0.3) is 0 Å². The Morgan fingerprint density at radius 2 is 2.00 bits per heavy atom. The number of aromatic nitrogens is 2. The molecule has 0 aliphatic carbocycles. The van der Waals surface area contributed by atoms with Crippen LogP contribution in [0.4, 0.5) is 13.2 Å². The number of aryl methyl sites for hydroxylation is 1. The van der Waals surface area contributed by atoms with Crippen molar-refractivity contribution in [3.63, 3.8) is 0 Å². The zero-order chi connectivity index (χ0) is 14.8. The molecule has 0 spiro atoms. The van der Waals surface area contributed by atoms with Gasteiger partial charge in [0.25, 0.3) is 0 Å². The van der Waals surface area contributed by atoms with Crippen LogP contribution < -0.4 is 0 Å². The standard InChI is InChI=1S/C14H15F3N2O/c1-10-18-6-7-19(10)9-12(20)8-11-4-2-3-5-13(11)14(15,16)17/h2-7,12,20H,8-9H2,1H3/t12-/m0/s1. The fraction of sp³-hybridized carbons (Fsp3) is 0.357. The third-order valence-electron chi connectivity index (χ3n) is 3.11. The molecule has 0 fully saturated rings. The van der Waals surface area contributed by atoms with Gasteiger partial charge >= 0.3 is 6.18 Å². The van der Waals surface area contributed by atoms with Gasteiger partial charge in [-0.2, -0.15) is 13.2 Å². The number of hydrogen-bond acceptors (Lipinski definition) is 2. The Kier molecular flexibility index (Phi) is 4.13. The molecule has 20 heavy (non-hydrogen) atoms. The van der Waals surface area contributed by atoms with Crippen molar-refractivity contribution in [3.05, 3.63) is 53.6 Å². The Labute approximate surface area is 114 Å². The topological polar surface area (TPSA) is 38.0 Å². The van der Waals surface area contributed by atoms with Crippen LogP contribution in [0.15, 0.2) is 36.7 Å². The number of hydrogen-bond donors (Lipinski definition) is 1. The van der Waals surface area contributed by atoms with Gasteiger partial charge in [0.15, 0.2) is 0 Å². The number of nitrogens with zero attached hydrogens (tertiary/aromatic N) is 2. The first kappa shape index (κ1) is 14.6. The van der Waals surface area contributed by atoms with Gasteiger partial charge in [-0.15, -0.1) is 0 Å². The lowest BCUT2D eigenvalue weighted by molar-refractivity contribution is -0.138. The second-order valence-electron chi connectivity index (χ2n) is 4.64. The second-order valence-corrected chi connectivity index (χ2v) is 4.64. The Hall–Kier alpha value is -1.82. The number of imidazole rings is 1. The highest BCUT2D eigenvalue weighted by Crippen LogP contribution is 2.32. The van der Waals surface area contributed by atoms with Gasteiger partial charge in [-0.05, 0) is 18.6 Å². The predicted octanol–water partition coefficient (Wildman–Crippen LogP) is 2.81. The van der Waals surface area contributed by atoms with Gasteiger partial charge in [0.1, 0.15) is 5.82 Å². The summed E-state index contributed by atoms with van der Waals surface area (Å²) in [6.45, 7) is 1.99. The summed E-state index contributed by atoms with van der Waals surface area (Å²) in [5.41, 5.74) is -0.591. The molecule has 1 atom stereocenters. The third-order valence-corrected chi connectivity index (χ3v) is 3.11. The lowest BCUT2D eigenvalue weighted by atomic mass is 10.0. The van der Waals surface area contributed by atoms with E-state index in [2.05, 4.69) is 4.98 Å². The molecule has 0 aliphatic heterocycles. The first-order valence-electron chi connectivity index (χ1n) is 6.19. The van der Waals surface area contributed by atoms with Gasteiger partial charge in [-0.25, -0.2) is 4.98 Å². The fourth-order valence-electron chi connectivity index (χ4n) is 2.12. The number of alkyl halides is 3. The molecule has 1 N–H and O–H groups in total. The average molecular weight is 284 g/mol. The molecule has 0 saturated carbocycles. The second kappa shape index (κ2) is 5.66. The predicted molar refractivity (Wildman–Crippen MR) is 68.1 cm³/mol. The summed E-state index contributed by atoms with van der Waals surface area (Å²) >= 11 is 0. The zero-order valence-corrected chi connectivity index (χ0v) is 10.9. The van der Waals surface area contributed by atoms with Gasteiger partial charge in [-0.3, -0.25) is 0 Å². The van der Waals surface area contributed by atoms with Crippen LogP contribution in [-0.2, 0) is 19.1 Å². The van der Waals surface area contributed by atoms with E-state index in [9.17, 15) is 18.3 Å². The average Bonchev–Trinajstić information content (AvgIpc) is 2.74. The number of aliphatic hydroxyl groups excluding tert-OH is 1. The molecule has 3 nitrogen and oxygen atoms in total. The van der Waals surface area contributed by atoms with Crippen LogP contribution in [0.2, 0.25) is 0 Å². The van der Waals surface area contributed by atoms with Gasteiger partial charge < -0.3 is 9.67 Å². The van der Waals surface area contributed by atoms with E-state index in [1.165, 1.54) is 12.1 Å². The molecule has 0 bridgehead atoms. The molecule has 108 valence electrons. The summed E-state index contributed by atoms with van der Waals surface area (Å²) < 4.78 is 40.2. The SMILES string of the molecule is Cc1nccn1C[C@@H](O)Cc1ccccc1C(F)(F)F. The summed E-state index contributed by atoms with van der Waals surface area (Å²) in [6, 6.07) is 5.32. The van der Waals surface area contributed by atoms with E-state index < -0.39 is 17.8 Å². The van der Waals surface area contributed by atoms with E-state index in [1.807, 2.05) is 0 Å². The monoisotopic (exact) mass is 284 g/mol. The number of benzene rings is 1. The molecule has 0 radical (unpaired) electrons. The molecular weight excluding hydrogens is 269 g/mol. The van der Waals surface area contributed by atoms with Crippen molar-refractivity contribution in [2.24, 2.45) is 0 Å². The van der Waals surface area contributed by atoms with Crippen LogP contribution >= 0.6 is 0 Å². The normalized spacial score (nSPS) is 13.4. The van der Waals surface area contributed by atoms with E-state index in [1.54, 1.807) is 30.0 Å². The maximum atomic E-state index is 12.8. The maximum absolute atomic E-state index is 12.8. The molecular formula is C14H15F3N2O. The van der Waals surface area contributed by atoms with Gasteiger partial charge in [0.05, 0.1) is 18.2 Å². The van der Waals surface area contributed by atoms with Gasteiger partial charge in [-0.1, -0.05) is 18.2 Å². The Bertz CT molecular complexity index is 578. The summed E-state index contributed by atoms with van der Waals surface area (Å²) in [4.78, 5) is 4.01. The van der Waals surface area contributed by atoms with E-state index in [0.717, 1.165) is 6.07 Å². The summed E-state index contributed by atoms with van der Waals surface area (Å²) in [5, 5.41) is 9.97. The Morgan fingerprint density at radius 1 is 1.30 bits per heavy atom. The van der Waals surface area contributed by atoms with E-state index in [4.69, 9.17) is 0 Å². The van der Waals surface area contributed by atoms with Crippen molar-refractivity contribution in [1.82, 2.24) is 9.55 Å². The number of halogens is 3. The first-order chi connectivity index (χ1) is 9.38. The molecule has 2 rings (SSSR count). The minimum Gasteiger partial charge on any atom is -0.391 e. The summed E-state index contributed by atoms with van der Waals surface area (Å²) in [7, 11) is 0. The smallest absolute Gasteiger partial charge is 0.391 e. The van der Waals surface area contributed by atoms with Gasteiger partial charge in [0.2, 0.25) is 0 Å². The summed E-state index contributed by atoms with van der Waals surface area (Å²) in [5.74, 6) is 0.716. The molecule has 2 aromatic rings. The van der Waals surface area contributed by atoms with Crippen LogP contribution in [0.3, 0.4) is 0 Å². The molecule has 6 heteroatoms. The highest BCUT2D eigenvalue weighted by molar-refractivity contribution is 5.30. The highest BCUT2D eigenvalue weighted by Gasteiger charge is 2.33. The largest absolute Gasteiger partial charge is 0.416 e. The lowest BCUT2D eigenvalue weighted by Gasteiger charge is -2.16. The van der Waals surface area contributed by atoms with Crippen molar-refractivity contribution in [2.45, 2.75) is 32.2 Å². The van der Waals surface area contributed by atoms with Gasteiger partial charge in [0, 0.05) is 18.8 Å². The molecule has 1 aromatic carbocycles.